The van der Waals surface area contributed by atoms with Crippen LogP contribution in [0.3, 0.4) is 0 Å². The average molecular weight is 652 g/mol. The fourth-order valence-electron chi connectivity index (χ4n) is 7.75. The minimum Gasteiger partial charge on any atom is -0.345 e. The van der Waals surface area contributed by atoms with Gasteiger partial charge in [0, 0.05) is 51.4 Å². The Balaban J connectivity index is 1.49. The fraction of sp³-hybridized carbons (Fsp3) is 0.528. The molecule has 12 heteroatoms. The molecule has 3 amide bonds. The highest BCUT2D eigenvalue weighted by atomic mass is 16.2. The van der Waals surface area contributed by atoms with E-state index in [1.54, 1.807) is 42.9 Å². The number of benzene rings is 2. The summed E-state index contributed by atoms with van der Waals surface area (Å²) < 4.78 is 0. The van der Waals surface area contributed by atoms with Gasteiger partial charge < -0.3 is 20.0 Å². The topological polar surface area (TPSA) is 151 Å². The van der Waals surface area contributed by atoms with Gasteiger partial charge in [-0.2, -0.15) is 10.5 Å². The number of H-pyrrole nitrogens is 1. The second-order valence-electron chi connectivity index (χ2n) is 15.0. The van der Waals surface area contributed by atoms with Gasteiger partial charge in [-0.15, -0.1) is 10.2 Å². The summed E-state index contributed by atoms with van der Waals surface area (Å²) in [6.45, 7) is 6.51. The molecule has 2 aliphatic carbocycles. The number of carbonyl (C=O) groups is 3. The summed E-state index contributed by atoms with van der Waals surface area (Å²) in [6.07, 6.45) is 3.45. The van der Waals surface area contributed by atoms with Crippen LogP contribution < -0.4 is 5.32 Å². The Hall–Kier alpha value is -4.63. The van der Waals surface area contributed by atoms with Gasteiger partial charge in [-0.3, -0.25) is 14.4 Å². The summed E-state index contributed by atoms with van der Waals surface area (Å²) >= 11 is 0. The van der Waals surface area contributed by atoms with Crippen LogP contribution in [0.25, 0.3) is 0 Å². The number of hydrogen-bond donors (Lipinski definition) is 2. The maximum atomic E-state index is 13.6. The zero-order chi connectivity index (χ0) is 34.5. The van der Waals surface area contributed by atoms with Crippen LogP contribution in [0, 0.1) is 22.7 Å². The van der Waals surface area contributed by atoms with Crippen molar-refractivity contribution in [3.63, 3.8) is 0 Å². The number of amides is 3. The third-order valence-corrected chi connectivity index (χ3v) is 10.4. The van der Waals surface area contributed by atoms with Gasteiger partial charge in [0.05, 0.1) is 18.0 Å². The Bertz CT molecular complexity index is 1700. The Morgan fingerprint density at radius 1 is 1.00 bits per heavy atom. The van der Waals surface area contributed by atoms with E-state index in [0.717, 1.165) is 35.1 Å². The number of tetrazole rings is 1. The van der Waals surface area contributed by atoms with Crippen molar-refractivity contribution in [1.29, 1.82) is 5.26 Å². The molecule has 6 rings (SSSR count). The van der Waals surface area contributed by atoms with Crippen molar-refractivity contribution in [2.45, 2.75) is 76.4 Å². The molecule has 1 saturated carbocycles. The molecule has 4 atom stereocenters. The Labute approximate surface area is 281 Å². The normalized spacial score (nSPS) is 21.2. The molecular weight excluding hydrogens is 606 g/mol. The zero-order valence-corrected chi connectivity index (χ0v) is 28.9. The second-order valence-corrected chi connectivity index (χ2v) is 15.0. The lowest BCUT2D eigenvalue weighted by molar-refractivity contribution is -0.131. The molecule has 3 aliphatic rings. The van der Waals surface area contributed by atoms with Crippen molar-refractivity contribution in [1.82, 2.24) is 40.6 Å². The van der Waals surface area contributed by atoms with Gasteiger partial charge in [0.25, 0.3) is 11.8 Å². The highest BCUT2D eigenvalue weighted by Crippen LogP contribution is 2.49. The molecule has 48 heavy (non-hydrogen) atoms. The minimum absolute atomic E-state index is 0.0604. The van der Waals surface area contributed by atoms with Crippen LogP contribution >= 0.6 is 0 Å². The predicted molar refractivity (Wildman–Crippen MR) is 179 cm³/mol. The van der Waals surface area contributed by atoms with Crippen LogP contribution in [0.4, 0.5) is 0 Å². The number of likely N-dealkylation sites (tertiary alicyclic amines) is 1. The van der Waals surface area contributed by atoms with Crippen LogP contribution in [-0.4, -0.2) is 106 Å². The first-order valence-electron chi connectivity index (χ1n) is 16.6. The molecule has 1 aromatic heterocycles. The molecule has 0 bridgehead atoms. The first kappa shape index (κ1) is 33.3. The van der Waals surface area contributed by atoms with E-state index in [4.69, 9.17) is 0 Å². The highest BCUT2D eigenvalue weighted by Gasteiger charge is 2.54. The third-order valence-electron chi connectivity index (χ3n) is 10.4. The van der Waals surface area contributed by atoms with Crippen molar-refractivity contribution in [2.75, 3.05) is 34.7 Å². The molecular formula is C36H45N9O3. The number of nitrogens with one attached hydrogen (secondary N) is 2. The van der Waals surface area contributed by atoms with Gasteiger partial charge in [0.2, 0.25) is 5.91 Å². The molecule has 2 heterocycles. The number of piperidine rings is 1. The largest absolute Gasteiger partial charge is 0.345 e. The Morgan fingerprint density at radius 3 is 2.06 bits per heavy atom. The van der Waals surface area contributed by atoms with E-state index in [2.05, 4.69) is 52.8 Å². The van der Waals surface area contributed by atoms with Gasteiger partial charge in [-0.05, 0) is 90.0 Å². The molecule has 1 aliphatic heterocycles. The van der Waals surface area contributed by atoms with Crippen molar-refractivity contribution in [3.8, 4) is 6.07 Å². The zero-order valence-electron chi connectivity index (χ0n) is 28.9. The van der Waals surface area contributed by atoms with Crippen molar-refractivity contribution >= 4 is 17.7 Å². The van der Waals surface area contributed by atoms with E-state index in [9.17, 15) is 19.6 Å². The summed E-state index contributed by atoms with van der Waals surface area (Å²) in [5, 5.41) is 29.3. The Kier molecular flexibility index (Phi) is 8.62. The monoisotopic (exact) mass is 651 g/mol. The van der Waals surface area contributed by atoms with Crippen molar-refractivity contribution in [2.24, 2.45) is 11.3 Å². The predicted octanol–water partition coefficient (Wildman–Crippen LogP) is 2.94. The van der Waals surface area contributed by atoms with Crippen molar-refractivity contribution < 1.29 is 14.4 Å². The lowest BCUT2D eigenvalue weighted by atomic mass is 9.64. The first-order valence-corrected chi connectivity index (χ1v) is 16.6. The molecule has 2 fully saturated rings. The molecule has 2 aromatic carbocycles. The number of fused-ring (bicyclic) bond motifs is 3. The molecule has 1 unspecified atom stereocenters. The lowest BCUT2D eigenvalue weighted by Crippen LogP contribution is -2.51. The van der Waals surface area contributed by atoms with E-state index in [-0.39, 0.29) is 47.8 Å². The first-order chi connectivity index (χ1) is 22.8. The number of aromatic amines is 1. The van der Waals surface area contributed by atoms with E-state index in [1.807, 2.05) is 36.4 Å². The van der Waals surface area contributed by atoms with E-state index < -0.39 is 5.41 Å². The SMILES string of the molecule is CN(C)C(=O)c1ccc2c(c1)CCc1cc(C(=O)N(C)C)ccc1C2(C[C@@H](NCC(=O)N1C(C#N)C[C@@H]2C[C@@H]21)C(C)(C)C)c1nn[nH]n1. The maximum absolute atomic E-state index is 13.6. The van der Waals surface area contributed by atoms with E-state index in [1.165, 1.54) is 0 Å². The number of aromatic nitrogens is 4. The third kappa shape index (κ3) is 5.85. The lowest BCUT2D eigenvalue weighted by Gasteiger charge is -2.41. The second kappa shape index (κ2) is 12.4. The number of carbonyl (C=O) groups excluding carboxylic acids is 3. The molecule has 12 nitrogen and oxygen atoms in total. The number of nitrogens with zero attached hydrogens (tertiary/aromatic N) is 7. The molecule has 3 aromatic rings. The van der Waals surface area contributed by atoms with E-state index >= 15 is 0 Å². The highest BCUT2D eigenvalue weighted by molar-refractivity contribution is 5.95. The van der Waals surface area contributed by atoms with Crippen LogP contribution in [-0.2, 0) is 23.1 Å². The van der Waals surface area contributed by atoms with Gasteiger partial charge >= 0.3 is 0 Å². The molecule has 1 saturated heterocycles. The standard InChI is InChI=1S/C36H45N9O3/c1-35(2,3)30(38-20-31(46)45-26(19-37)16-25-17-29(25)45)18-36(34-39-41-42-40-34)27-12-10-23(32(47)43(4)5)14-21(27)8-9-22-15-24(11-13-28(22)36)33(48)44(6)7/h10-15,25-26,29-30,38H,8-9,16-18,20H2,1-7H3,(H,39,40,41,42)/t25-,26?,29+,30-/m1/s1. The van der Waals surface area contributed by atoms with Crippen LogP contribution in [0.5, 0.6) is 0 Å². The van der Waals surface area contributed by atoms with E-state index in [0.29, 0.717) is 42.1 Å². The summed E-state index contributed by atoms with van der Waals surface area (Å²) in [7, 11) is 6.95. The molecule has 2 N–H and O–H groups in total. The maximum Gasteiger partial charge on any atom is 0.253 e. The number of aryl methyl sites for hydroxylation is 2. The van der Waals surface area contributed by atoms with Crippen LogP contribution in [0.2, 0.25) is 0 Å². The van der Waals surface area contributed by atoms with Crippen LogP contribution in [0.1, 0.15) is 88.8 Å². The number of hydrogen-bond acceptors (Lipinski definition) is 8. The summed E-state index contributed by atoms with van der Waals surface area (Å²) in [5.41, 5.74) is 3.78. The van der Waals surface area contributed by atoms with Crippen molar-refractivity contribution in [3.05, 3.63) is 75.6 Å². The minimum atomic E-state index is -0.952. The number of nitriles is 1. The summed E-state index contributed by atoms with van der Waals surface area (Å²) in [5.74, 6) is 0.664. The van der Waals surface area contributed by atoms with Gasteiger partial charge in [-0.1, -0.05) is 38.1 Å². The summed E-state index contributed by atoms with van der Waals surface area (Å²) in [6, 6.07) is 13.6. The smallest absolute Gasteiger partial charge is 0.253 e. The molecule has 0 spiro atoms. The fourth-order valence-corrected chi connectivity index (χ4v) is 7.75. The summed E-state index contributed by atoms with van der Waals surface area (Å²) in [4.78, 5) is 44.8. The van der Waals surface area contributed by atoms with Gasteiger partial charge in [0.1, 0.15) is 6.04 Å². The number of rotatable bonds is 8. The average Bonchev–Trinajstić information content (AvgIpc) is 3.43. The Morgan fingerprint density at radius 2 is 1.58 bits per heavy atom. The van der Waals surface area contributed by atoms with Crippen LogP contribution in [0.15, 0.2) is 36.4 Å². The quantitative estimate of drug-likeness (QED) is 0.378. The molecule has 0 radical (unpaired) electrons. The van der Waals surface area contributed by atoms with Gasteiger partial charge in [-0.25, -0.2) is 0 Å². The van der Waals surface area contributed by atoms with Gasteiger partial charge in [0.15, 0.2) is 5.82 Å². The molecule has 252 valence electrons.